The molecule has 6 nitrogen and oxygen atoms in total. The van der Waals surface area contributed by atoms with Gasteiger partial charge < -0.3 is 15.3 Å². The normalized spacial score (nSPS) is 17.9. The van der Waals surface area contributed by atoms with Crippen LogP contribution in [0.25, 0.3) is 17.3 Å². The molecule has 1 aromatic carbocycles. The Morgan fingerprint density at radius 2 is 2.00 bits per heavy atom. The molecular weight excluding hydrogens is 431 g/mol. The van der Waals surface area contributed by atoms with E-state index in [9.17, 15) is 14.3 Å². The van der Waals surface area contributed by atoms with Gasteiger partial charge in [0.2, 0.25) is 0 Å². The van der Waals surface area contributed by atoms with Gasteiger partial charge in [-0.1, -0.05) is 36.8 Å². The number of aliphatic hydroxyl groups is 1. The van der Waals surface area contributed by atoms with Crippen LogP contribution >= 0.6 is 0 Å². The zero-order valence-corrected chi connectivity index (χ0v) is 19.6. The Morgan fingerprint density at radius 3 is 2.76 bits per heavy atom. The van der Waals surface area contributed by atoms with E-state index in [-0.39, 0.29) is 17.7 Å². The molecule has 0 spiro atoms. The molecule has 2 unspecified atom stereocenters. The van der Waals surface area contributed by atoms with Crippen molar-refractivity contribution in [3.05, 3.63) is 77.5 Å². The van der Waals surface area contributed by atoms with Crippen molar-refractivity contribution < 1.29 is 14.3 Å². The minimum absolute atomic E-state index is 0.125. The smallest absolute Gasteiger partial charge is 0.274 e. The number of nitrogens with one attached hydrogen (secondary N) is 1. The highest BCUT2D eigenvalue weighted by Crippen LogP contribution is 2.30. The highest BCUT2D eigenvalue weighted by Gasteiger charge is 2.26. The third-order valence-corrected chi connectivity index (χ3v) is 5.97. The summed E-state index contributed by atoms with van der Waals surface area (Å²) in [5, 5.41) is 13.0. The molecule has 3 aromatic rings. The molecule has 1 saturated heterocycles. The third-order valence-electron chi connectivity index (χ3n) is 5.97. The molecule has 1 amide bonds. The maximum absolute atomic E-state index is 14.8. The fraction of sp³-hybridized carbons (Fsp3) is 0.296. The van der Waals surface area contributed by atoms with Crippen molar-refractivity contribution in [2.75, 3.05) is 23.3 Å². The number of carbonyl (C=O) groups excluding carboxylic acids is 1. The molecule has 0 radical (unpaired) electrons. The minimum Gasteiger partial charge on any atom is -0.393 e. The van der Waals surface area contributed by atoms with Crippen LogP contribution in [0.1, 0.15) is 43.2 Å². The van der Waals surface area contributed by atoms with Crippen molar-refractivity contribution in [3.63, 3.8) is 0 Å². The maximum Gasteiger partial charge on any atom is 0.274 e. The number of halogens is 1. The van der Waals surface area contributed by atoms with E-state index >= 15 is 0 Å². The number of hydrogen-bond donors (Lipinski definition) is 2. The van der Waals surface area contributed by atoms with Crippen LogP contribution < -0.4 is 10.2 Å². The summed E-state index contributed by atoms with van der Waals surface area (Å²) in [6, 6.07) is 11.8. The Morgan fingerprint density at radius 1 is 1.21 bits per heavy atom. The van der Waals surface area contributed by atoms with Crippen molar-refractivity contribution in [1.29, 1.82) is 0 Å². The molecule has 1 aliphatic heterocycles. The van der Waals surface area contributed by atoms with E-state index < -0.39 is 11.7 Å². The lowest BCUT2D eigenvalue weighted by molar-refractivity contribution is 0.0969. The highest BCUT2D eigenvalue weighted by molar-refractivity contribution is 6.04. The Hall–Kier alpha value is -3.58. The fourth-order valence-electron chi connectivity index (χ4n) is 4.24. The summed E-state index contributed by atoms with van der Waals surface area (Å²) in [4.78, 5) is 23.9. The van der Waals surface area contributed by atoms with Gasteiger partial charge in [-0.15, -0.1) is 0 Å². The molecule has 2 N–H and O–H groups in total. The molecule has 2 atom stereocenters. The standard InChI is InChI=1S/C27H29FN4O2/c1-17(2)14-19-6-4-7-20(28)26(19)21-8-5-9-22(30-21)27(34)31-23-15-29-12-10-24(23)32-13-11-25(33)18(3)16-32/h4-10,12,14-15,18,25,33H,11,13,16H2,1-3H3,(H,31,34). The molecule has 0 bridgehead atoms. The molecular formula is C27H29FN4O2. The fourth-order valence-corrected chi connectivity index (χ4v) is 4.24. The third kappa shape index (κ3) is 5.15. The molecule has 3 heterocycles. The largest absolute Gasteiger partial charge is 0.393 e. The topological polar surface area (TPSA) is 78.4 Å². The zero-order valence-electron chi connectivity index (χ0n) is 19.6. The average molecular weight is 461 g/mol. The van der Waals surface area contributed by atoms with E-state index in [0.29, 0.717) is 42.0 Å². The lowest BCUT2D eigenvalue weighted by Crippen LogP contribution is -2.42. The lowest BCUT2D eigenvalue weighted by Gasteiger charge is -2.36. The first-order valence-electron chi connectivity index (χ1n) is 11.4. The van der Waals surface area contributed by atoms with Gasteiger partial charge in [-0.05, 0) is 56.0 Å². The molecule has 2 aromatic heterocycles. The number of benzene rings is 1. The van der Waals surface area contributed by atoms with Crippen LogP contribution in [0.2, 0.25) is 0 Å². The molecule has 4 rings (SSSR count). The summed E-state index contributed by atoms with van der Waals surface area (Å²) in [6.07, 6.45) is 5.53. The summed E-state index contributed by atoms with van der Waals surface area (Å²) in [6.45, 7) is 7.27. The molecule has 176 valence electrons. The number of pyridine rings is 2. The Balaban J connectivity index is 1.62. The van der Waals surface area contributed by atoms with Crippen molar-refractivity contribution >= 4 is 23.4 Å². The summed E-state index contributed by atoms with van der Waals surface area (Å²) < 4.78 is 14.8. The lowest BCUT2D eigenvalue weighted by atomic mass is 9.96. The van der Waals surface area contributed by atoms with Crippen LogP contribution in [0.4, 0.5) is 15.8 Å². The first kappa shape index (κ1) is 23.6. The van der Waals surface area contributed by atoms with Gasteiger partial charge in [0.25, 0.3) is 5.91 Å². The highest BCUT2D eigenvalue weighted by atomic mass is 19.1. The van der Waals surface area contributed by atoms with E-state index in [1.54, 1.807) is 36.7 Å². The number of amides is 1. The van der Waals surface area contributed by atoms with Crippen molar-refractivity contribution in [3.8, 4) is 11.3 Å². The minimum atomic E-state index is -0.402. The second-order valence-electron chi connectivity index (χ2n) is 8.96. The summed E-state index contributed by atoms with van der Waals surface area (Å²) in [7, 11) is 0. The number of carbonyl (C=O) groups is 1. The van der Waals surface area contributed by atoms with Crippen LogP contribution in [0.3, 0.4) is 0 Å². The van der Waals surface area contributed by atoms with Gasteiger partial charge >= 0.3 is 0 Å². The van der Waals surface area contributed by atoms with E-state index in [0.717, 1.165) is 11.3 Å². The van der Waals surface area contributed by atoms with Gasteiger partial charge in [-0.3, -0.25) is 9.78 Å². The van der Waals surface area contributed by atoms with Crippen molar-refractivity contribution in [1.82, 2.24) is 9.97 Å². The zero-order chi connectivity index (χ0) is 24.2. The Labute approximate surface area is 199 Å². The van der Waals surface area contributed by atoms with Gasteiger partial charge in [-0.25, -0.2) is 9.37 Å². The molecule has 0 aliphatic carbocycles. The Bertz CT molecular complexity index is 1220. The summed E-state index contributed by atoms with van der Waals surface area (Å²) >= 11 is 0. The first-order valence-corrected chi connectivity index (χ1v) is 11.4. The van der Waals surface area contributed by atoms with Crippen LogP contribution in [0.15, 0.2) is 60.4 Å². The number of allylic oxidation sites excluding steroid dienone is 1. The maximum atomic E-state index is 14.8. The monoisotopic (exact) mass is 460 g/mol. The number of aliphatic hydroxyl groups excluding tert-OH is 1. The van der Waals surface area contributed by atoms with Crippen LogP contribution in [-0.2, 0) is 0 Å². The number of aromatic nitrogens is 2. The summed E-state index contributed by atoms with van der Waals surface area (Å²) in [5.74, 6) is -0.670. The van der Waals surface area contributed by atoms with E-state index in [2.05, 4.69) is 20.2 Å². The van der Waals surface area contributed by atoms with E-state index in [1.807, 2.05) is 39.0 Å². The number of nitrogens with zero attached hydrogens (tertiary/aromatic N) is 3. The predicted octanol–water partition coefficient (Wildman–Crippen LogP) is 5.17. The number of hydrogen-bond acceptors (Lipinski definition) is 5. The quantitative estimate of drug-likeness (QED) is 0.550. The SMILES string of the molecule is CC(C)=Cc1cccc(F)c1-c1cccc(C(=O)Nc2cnccc2N2CCC(O)C(C)C2)n1. The van der Waals surface area contributed by atoms with Crippen molar-refractivity contribution in [2.45, 2.75) is 33.3 Å². The molecule has 0 saturated carbocycles. The predicted molar refractivity (Wildman–Crippen MR) is 133 cm³/mol. The van der Waals surface area contributed by atoms with Gasteiger partial charge in [-0.2, -0.15) is 0 Å². The molecule has 1 aliphatic rings. The van der Waals surface area contributed by atoms with Crippen LogP contribution in [-0.4, -0.2) is 40.2 Å². The molecule has 7 heteroatoms. The summed E-state index contributed by atoms with van der Waals surface area (Å²) in [5.41, 5.74) is 4.09. The van der Waals surface area contributed by atoms with Gasteiger partial charge in [0, 0.05) is 24.8 Å². The van der Waals surface area contributed by atoms with Gasteiger partial charge in [0.05, 0.1) is 29.4 Å². The first-order chi connectivity index (χ1) is 16.3. The molecule has 34 heavy (non-hydrogen) atoms. The Kier molecular flexibility index (Phi) is 7.03. The van der Waals surface area contributed by atoms with Crippen LogP contribution in [0, 0.1) is 11.7 Å². The van der Waals surface area contributed by atoms with Gasteiger partial charge in [0.1, 0.15) is 11.5 Å². The second kappa shape index (κ2) is 10.1. The van der Waals surface area contributed by atoms with Crippen molar-refractivity contribution in [2.24, 2.45) is 5.92 Å². The van der Waals surface area contributed by atoms with E-state index in [4.69, 9.17) is 0 Å². The van der Waals surface area contributed by atoms with Crippen LogP contribution in [0.5, 0.6) is 0 Å². The number of anilines is 2. The van der Waals surface area contributed by atoms with E-state index in [1.165, 1.54) is 6.07 Å². The molecule has 1 fully saturated rings. The van der Waals surface area contributed by atoms with Gasteiger partial charge in [0.15, 0.2) is 0 Å². The average Bonchev–Trinajstić information content (AvgIpc) is 2.81. The number of rotatable bonds is 5. The number of piperidine rings is 1. The second-order valence-corrected chi connectivity index (χ2v) is 8.96.